The minimum atomic E-state index is -3.48. The first-order valence-electron chi connectivity index (χ1n) is 8.51. The van der Waals surface area contributed by atoms with Gasteiger partial charge in [0.05, 0.1) is 0 Å². The Morgan fingerprint density at radius 1 is 1.04 bits per heavy atom. The minimum Gasteiger partial charge on any atom is -0.489 e. The standard InChI is InChI=1S/C21H17F2NO3/c1-14-7-12-18(27-14)19-21(22,23)20(25)24(19)16-8-10-17(11-9-16)26-13-15-5-3-2-4-6-15/h2-12,19H,13H2,1H3. The number of amides is 1. The number of aryl methyl sites for hydroxylation is 1. The highest BCUT2D eigenvalue weighted by molar-refractivity contribution is 6.07. The fourth-order valence-electron chi connectivity index (χ4n) is 3.11. The van der Waals surface area contributed by atoms with E-state index in [0.29, 0.717) is 23.8 Å². The molecule has 0 radical (unpaired) electrons. The number of rotatable bonds is 5. The lowest BCUT2D eigenvalue weighted by Gasteiger charge is -2.45. The maximum Gasteiger partial charge on any atom is 0.352 e. The van der Waals surface area contributed by atoms with Gasteiger partial charge in [0.25, 0.3) is 0 Å². The second kappa shape index (κ2) is 6.54. The van der Waals surface area contributed by atoms with Gasteiger partial charge in [0.2, 0.25) is 0 Å². The molecular weight excluding hydrogens is 352 g/mol. The third kappa shape index (κ3) is 3.07. The van der Waals surface area contributed by atoms with E-state index in [2.05, 4.69) is 0 Å². The molecule has 3 aromatic rings. The average molecular weight is 369 g/mol. The largest absolute Gasteiger partial charge is 0.489 e. The lowest BCUT2D eigenvalue weighted by Crippen LogP contribution is -2.64. The first kappa shape index (κ1) is 17.3. The van der Waals surface area contributed by atoms with Crippen LogP contribution in [-0.2, 0) is 11.4 Å². The molecule has 1 aliphatic rings. The van der Waals surface area contributed by atoms with Crippen molar-refractivity contribution < 1.29 is 22.7 Å². The van der Waals surface area contributed by atoms with E-state index in [1.807, 2.05) is 30.3 Å². The van der Waals surface area contributed by atoms with Crippen LogP contribution in [0.1, 0.15) is 23.1 Å². The molecule has 1 aliphatic heterocycles. The van der Waals surface area contributed by atoms with Gasteiger partial charge in [-0.1, -0.05) is 30.3 Å². The molecule has 1 unspecified atom stereocenters. The molecule has 0 N–H and O–H groups in total. The minimum absolute atomic E-state index is 0.0708. The molecule has 2 heterocycles. The molecule has 4 rings (SSSR count). The van der Waals surface area contributed by atoms with E-state index >= 15 is 0 Å². The number of anilines is 1. The summed E-state index contributed by atoms with van der Waals surface area (Å²) < 4.78 is 39.3. The monoisotopic (exact) mass is 369 g/mol. The number of carbonyl (C=O) groups excluding carboxylic acids is 1. The number of carbonyl (C=O) groups is 1. The Kier molecular flexibility index (Phi) is 4.18. The van der Waals surface area contributed by atoms with Gasteiger partial charge in [-0.2, -0.15) is 8.78 Å². The maximum absolute atomic E-state index is 14.1. The highest BCUT2D eigenvalue weighted by Gasteiger charge is 2.66. The lowest BCUT2D eigenvalue weighted by atomic mass is 9.93. The van der Waals surface area contributed by atoms with E-state index in [1.165, 1.54) is 6.07 Å². The van der Waals surface area contributed by atoms with Crippen LogP contribution in [-0.4, -0.2) is 11.8 Å². The summed E-state index contributed by atoms with van der Waals surface area (Å²) in [7, 11) is 0. The van der Waals surface area contributed by atoms with Crippen LogP contribution in [0.4, 0.5) is 14.5 Å². The van der Waals surface area contributed by atoms with Crippen LogP contribution in [0.3, 0.4) is 0 Å². The van der Waals surface area contributed by atoms with Crippen molar-refractivity contribution in [1.29, 1.82) is 0 Å². The van der Waals surface area contributed by atoms with Crippen molar-refractivity contribution in [3.63, 3.8) is 0 Å². The molecule has 1 amide bonds. The highest BCUT2D eigenvalue weighted by Crippen LogP contribution is 2.50. The molecule has 0 spiro atoms. The normalized spacial score (nSPS) is 18.3. The van der Waals surface area contributed by atoms with Crippen LogP contribution in [0.25, 0.3) is 0 Å². The van der Waals surface area contributed by atoms with E-state index in [0.717, 1.165) is 10.5 Å². The SMILES string of the molecule is Cc1ccc(C2N(c3ccc(OCc4ccccc4)cc3)C(=O)C2(F)F)o1. The molecule has 1 aromatic heterocycles. The number of hydrogen-bond donors (Lipinski definition) is 0. The molecular formula is C21H17F2NO3. The van der Waals surface area contributed by atoms with Crippen LogP contribution in [0.5, 0.6) is 5.75 Å². The van der Waals surface area contributed by atoms with Crippen LogP contribution >= 0.6 is 0 Å². The van der Waals surface area contributed by atoms with Crippen molar-refractivity contribution in [2.24, 2.45) is 0 Å². The zero-order chi connectivity index (χ0) is 19.0. The summed E-state index contributed by atoms with van der Waals surface area (Å²) in [6, 6.07) is 17.8. The first-order chi connectivity index (χ1) is 13.0. The Labute approximate surface area is 155 Å². The third-order valence-corrected chi connectivity index (χ3v) is 4.50. The van der Waals surface area contributed by atoms with Gasteiger partial charge in [-0.3, -0.25) is 9.69 Å². The third-order valence-electron chi connectivity index (χ3n) is 4.50. The Hall–Kier alpha value is -3.15. The van der Waals surface area contributed by atoms with Gasteiger partial charge in [0.15, 0.2) is 6.04 Å². The molecule has 2 aromatic carbocycles. The highest BCUT2D eigenvalue weighted by atomic mass is 19.3. The van der Waals surface area contributed by atoms with Gasteiger partial charge >= 0.3 is 11.8 Å². The van der Waals surface area contributed by atoms with Crippen molar-refractivity contribution in [2.45, 2.75) is 25.5 Å². The zero-order valence-electron chi connectivity index (χ0n) is 14.6. The molecule has 27 heavy (non-hydrogen) atoms. The summed E-state index contributed by atoms with van der Waals surface area (Å²) in [5.41, 5.74) is 1.39. The molecule has 0 bridgehead atoms. The van der Waals surface area contributed by atoms with Crippen molar-refractivity contribution in [2.75, 3.05) is 4.90 Å². The number of benzene rings is 2. The fourth-order valence-corrected chi connectivity index (χ4v) is 3.11. The number of furan rings is 1. The quantitative estimate of drug-likeness (QED) is 0.602. The summed E-state index contributed by atoms with van der Waals surface area (Å²) in [4.78, 5) is 13.0. The Bertz CT molecular complexity index is 951. The van der Waals surface area contributed by atoms with Crippen LogP contribution in [0, 0.1) is 6.92 Å². The van der Waals surface area contributed by atoms with Gasteiger partial charge in [-0.05, 0) is 48.9 Å². The van der Waals surface area contributed by atoms with Crippen molar-refractivity contribution >= 4 is 11.6 Å². The topological polar surface area (TPSA) is 42.7 Å². The molecule has 1 saturated heterocycles. The number of halogens is 2. The predicted molar refractivity (Wildman–Crippen MR) is 95.8 cm³/mol. The second-order valence-electron chi connectivity index (χ2n) is 6.42. The number of β-lactam (4-membered cyclic amide) rings is 1. The zero-order valence-corrected chi connectivity index (χ0v) is 14.6. The van der Waals surface area contributed by atoms with E-state index in [4.69, 9.17) is 9.15 Å². The van der Waals surface area contributed by atoms with Gasteiger partial charge < -0.3 is 9.15 Å². The van der Waals surface area contributed by atoms with E-state index in [-0.39, 0.29) is 5.76 Å². The molecule has 6 heteroatoms. The van der Waals surface area contributed by atoms with Gasteiger partial charge in [-0.15, -0.1) is 0 Å². The first-order valence-corrected chi connectivity index (χ1v) is 8.51. The van der Waals surface area contributed by atoms with Crippen LogP contribution in [0.2, 0.25) is 0 Å². The smallest absolute Gasteiger partial charge is 0.352 e. The molecule has 138 valence electrons. The van der Waals surface area contributed by atoms with Crippen molar-refractivity contribution in [3.05, 3.63) is 83.8 Å². The van der Waals surface area contributed by atoms with Gasteiger partial charge in [-0.25, -0.2) is 0 Å². The van der Waals surface area contributed by atoms with Crippen LogP contribution in [0.15, 0.2) is 71.1 Å². The number of alkyl halides is 2. The van der Waals surface area contributed by atoms with Gasteiger partial charge in [0, 0.05) is 5.69 Å². The lowest BCUT2D eigenvalue weighted by molar-refractivity contribution is -0.164. The summed E-state index contributed by atoms with van der Waals surface area (Å²) in [6.45, 7) is 2.07. The molecule has 1 fully saturated rings. The fraction of sp³-hybridized carbons (Fsp3) is 0.190. The summed E-state index contributed by atoms with van der Waals surface area (Å²) in [6.07, 6.45) is 0. The Morgan fingerprint density at radius 3 is 2.37 bits per heavy atom. The summed E-state index contributed by atoms with van der Waals surface area (Å²) in [5, 5.41) is 0. The van der Waals surface area contributed by atoms with E-state index in [9.17, 15) is 13.6 Å². The average Bonchev–Trinajstić information content (AvgIpc) is 3.10. The molecule has 0 aliphatic carbocycles. The molecule has 0 saturated carbocycles. The van der Waals surface area contributed by atoms with E-state index in [1.54, 1.807) is 37.3 Å². The van der Waals surface area contributed by atoms with Gasteiger partial charge in [0.1, 0.15) is 23.9 Å². The second-order valence-corrected chi connectivity index (χ2v) is 6.42. The number of nitrogens with zero attached hydrogens (tertiary/aromatic N) is 1. The predicted octanol–water partition coefficient (Wildman–Crippen LogP) is 4.89. The maximum atomic E-state index is 14.1. The van der Waals surface area contributed by atoms with E-state index < -0.39 is 17.9 Å². The Balaban J connectivity index is 1.51. The van der Waals surface area contributed by atoms with Crippen molar-refractivity contribution in [1.82, 2.24) is 0 Å². The summed E-state index contributed by atoms with van der Waals surface area (Å²) >= 11 is 0. The molecule has 1 atom stereocenters. The Morgan fingerprint density at radius 2 is 1.74 bits per heavy atom. The number of hydrogen-bond acceptors (Lipinski definition) is 3. The molecule has 4 nitrogen and oxygen atoms in total. The van der Waals surface area contributed by atoms with Crippen molar-refractivity contribution in [3.8, 4) is 5.75 Å². The number of ether oxygens (including phenoxy) is 1. The summed E-state index contributed by atoms with van der Waals surface area (Å²) in [5.74, 6) is -3.54. The van der Waals surface area contributed by atoms with Crippen LogP contribution < -0.4 is 9.64 Å².